The van der Waals surface area contributed by atoms with E-state index in [2.05, 4.69) is 34.2 Å². The lowest BCUT2D eigenvalue weighted by molar-refractivity contribution is 1.20. The smallest absolute Gasteiger partial charge is 0.0961 e. The highest BCUT2D eigenvalue weighted by molar-refractivity contribution is 6.02. The van der Waals surface area contributed by atoms with E-state index in [1.807, 2.05) is 26.0 Å². The van der Waals surface area contributed by atoms with Crippen molar-refractivity contribution in [3.05, 3.63) is 47.8 Å². The molecule has 0 radical (unpaired) electrons. The number of benzene rings is 1. The predicted molar refractivity (Wildman–Crippen MR) is 66.4 cm³/mol. The van der Waals surface area contributed by atoms with Gasteiger partial charge in [0.2, 0.25) is 0 Å². The van der Waals surface area contributed by atoms with Crippen LogP contribution in [-0.4, -0.2) is 0 Å². The van der Waals surface area contributed by atoms with Gasteiger partial charge in [0.1, 0.15) is 0 Å². The summed E-state index contributed by atoms with van der Waals surface area (Å²) in [7, 11) is 0. The van der Waals surface area contributed by atoms with Crippen molar-refractivity contribution in [3.63, 3.8) is 0 Å². The summed E-state index contributed by atoms with van der Waals surface area (Å²) in [5.41, 5.74) is 4.06. The van der Waals surface area contributed by atoms with Gasteiger partial charge in [-0.2, -0.15) is 35.0 Å². The number of aromatic nitrogens is 2. The van der Waals surface area contributed by atoms with Gasteiger partial charge in [0.05, 0.1) is 0 Å². The Labute approximate surface area is 94.0 Å². The molecule has 0 amide bonds. The Balaban J connectivity index is 2.55. The summed E-state index contributed by atoms with van der Waals surface area (Å²) >= 11 is 0. The molecular formula is C14H12N2-4. The van der Waals surface area contributed by atoms with Crippen LogP contribution in [0.25, 0.3) is 21.8 Å². The second kappa shape index (κ2) is 3.27. The molecule has 0 saturated heterocycles. The van der Waals surface area contributed by atoms with E-state index < -0.39 is 0 Å². The highest BCUT2D eigenvalue weighted by Crippen LogP contribution is 2.21. The third-order valence-electron chi connectivity index (χ3n) is 2.80. The van der Waals surface area contributed by atoms with Gasteiger partial charge < -0.3 is 9.97 Å². The highest BCUT2D eigenvalue weighted by Gasteiger charge is 1.77. The van der Waals surface area contributed by atoms with Crippen LogP contribution in [0.1, 0.15) is 11.4 Å². The Bertz CT molecular complexity index is 626. The molecule has 0 bridgehead atoms. The predicted octanol–water partition coefficient (Wildman–Crippen LogP) is 3.09. The summed E-state index contributed by atoms with van der Waals surface area (Å²) in [5.74, 6) is 0. The Kier molecular flexibility index (Phi) is 1.90. The van der Waals surface area contributed by atoms with Crippen LogP contribution in [0.15, 0.2) is 36.4 Å². The number of nitrogens with zero attached hydrogens (tertiary/aromatic N) is 2. The molecule has 2 heterocycles. The average Bonchev–Trinajstić information content (AvgIpc) is 2.29. The molecule has 0 aliphatic carbocycles. The molecule has 3 rings (SSSR count). The number of pyridine rings is 2. The van der Waals surface area contributed by atoms with Crippen LogP contribution in [0.4, 0.5) is 0 Å². The minimum Gasteiger partial charge on any atom is -0.757 e. The van der Waals surface area contributed by atoms with E-state index in [-0.39, 0.29) is 0 Å². The van der Waals surface area contributed by atoms with Crippen LogP contribution < -0.4 is 9.97 Å². The zero-order valence-corrected chi connectivity index (χ0v) is 9.36. The zero-order chi connectivity index (χ0) is 11.1. The fourth-order valence-electron chi connectivity index (χ4n) is 1.96. The second-order valence-electron chi connectivity index (χ2n) is 4.11. The van der Waals surface area contributed by atoms with Gasteiger partial charge in [-0.3, -0.25) is 11.0 Å². The zero-order valence-electron chi connectivity index (χ0n) is 9.36. The molecule has 2 aromatic heterocycles. The van der Waals surface area contributed by atoms with Crippen LogP contribution in [0.3, 0.4) is 0 Å². The van der Waals surface area contributed by atoms with Crippen molar-refractivity contribution in [3.8, 4) is 0 Å². The first-order chi connectivity index (χ1) is 7.74. The van der Waals surface area contributed by atoms with Crippen molar-refractivity contribution in [2.45, 2.75) is 13.8 Å². The van der Waals surface area contributed by atoms with Crippen LogP contribution >= 0.6 is 0 Å². The quantitative estimate of drug-likeness (QED) is 0.419. The van der Waals surface area contributed by atoms with E-state index in [9.17, 15) is 0 Å². The van der Waals surface area contributed by atoms with E-state index in [1.54, 1.807) is 0 Å². The molecule has 2 nitrogen and oxygen atoms in total. The number of aryl methyl sites for hydroxylation is 2. The number of hydrogen-bond donors (Lipinski definition) is 0. The molecule has 16 heavy (non-hydrogen) atoms. The molecule has 2 heteroatoms. The highest BCUT2D eigenvalue weighted by atomic mass is 14.8. The molecule has 0 spiro atoms. The van der Waals surface area contributed by atoms with Crippen molar-refractivity contribution < 1.29 is 0 Å². The number of fused-ring (bicyclic) bond motifs is 3. The summed E-state index contributed by atoms with van der Waals surface area (Å²) in [4.78, 5) is 9.16. The summed E-state index contributed by atoms with van der Waals surface area (Å²) in [6.45, 7) is 4.02. The van der Waals surface area contributed by atoms with Gasteiger partial charge in [-0.05, 0) is 0 Å². The number of hydrogen-bond acceptors (Lipinski definition) is 0. The Morgan fingerprint density at radius 2 is 1.25 bits per heavy atom. The molecular weight excluding hydrogens is 196 g/mol. The summed E-state index contributed by atoms with van der Waals surface area (Å²) in [5, 5.41) is 2.30. The molecule has 0 fully saturated rings. The Hall–Kier alpha value is -1.96. The van der Waals surface area contributed by atoms with E-state index in [1.165, 1.54) is 0 Å². The third-order valence-corrected chi connectivity index (χ3v) is 2.80. The molecule has 0 atom stereocenters. The fourth-order valence-corrected chi connectivity index (χ4v) is 1.96. The molecule has 3 aromatic rings. The molecule has 0 aliphatic rings. The average molecular weight is 208 g/mol. The van der Waals surface area contributed by atoms with Crippen molar-refractivity contribution in [1.82, 2.24) is 9.97 Å². The first-order valence-corrected chi connectivity index (χ1v) is 5.38. The topological polar surface area (TPSA) is 28.2 Å². The Morgan fingerprint density at radius 3 is 1.69 bits per heavy atom. The summed E-state index contributed by atoms with van der Waals surface area (Å²) in [6.07, 6.45) is 0. The first-order valence-electron chi connectivity index (χ1n) is 5.38. The fraction of sp³-hybridized carbons (Fsp3) is 0.143. The normalized spacial score (nSPS) is 11.1. The number of rotatable bonds is 0. The largest absolute Gasteiger partial charge is 0.757 e. The lowest BCUT2D eigenvalue weighted by Crippen LogP contribution is -1.92. The van der Waals surface area contributed by atoms with Gasteiger partial charge in [0.15, 0.2) is 0 Å². The van der Waals surface area contributed by atoms with Crippen LogP contribution in [-0.2, 0) is 0 Å². The van der Waals surface area contributed by atoms with Crippen LogP contribution in [0.5, 0.6) is 0 Å². The molecule has 0 N–H and O–H groups in total. The molecule has 82 valence electrons. The van der Waals surface area contributed by atoms with Gasteiger partial charge >= 0.3 is 0 Å². The van der Waals surface area contributed by atoms with Crippen LogP contribution in [0.2, 0.25) is 0 Å². The van der Waals surface area contributed by atoms with E-state index in [0.29, 0.717) is 0 Å². The molecule has 0 aliphatic heterocycles. The van der Waals surface area contributed by atoms with Crippen molar-refractivity contribution in [2.75, 3.05) is 0 Å². The van der Waals surface area contributed by atoms with Crippen molar-refractivity contribution in [2.24, 2.45) is 0 Å². The van der Waals surface area contributed by atoms with Gasteiger partial charge in [0, 0.05) is 0 Å². The molecule has 0 unspecified atom stereocenters. The maximum atomic E-state index is 4.58. The Morgan fingerprint density at radius 1 is 0.812 bits per heavy atom. The van der Waals surface area contributed by atoms with Crippen molar-refractivity contribution in [1.29, 1.82) is 0 Å². The second-order valence-corrected chi connectivity index (χ2v) is 4.11. The SMILES string of the molecule is Cc1c[cH-]c2ccc3[cH-]cc(C)[n-]c3c2[n-]1. The standard InChI is InChI=1S/C14H12N2/c1-9-3-5-11-7-8-12-6-4-10(2)16-14(12)13(11)15-9/h3-8H,1-2H3/q-4. The monoisotopic (exact) mass is 208 g/mol. The summed E-state index contributed by atoms with van der Waals surface area (Å²) < 4.78 is 0. The maximum absolute atomic E-state index is 4.58. The van der Waals surface area contributed by atoms with Crippen LogP contribution in [0, 0.1) is 13.8 Å². The molecule has 1 aromatic carbocycles. The van der Waals surface area contributed by atoms with Gasteiger partial charge in [-0.25, -0.2) is 11.4 Å². The van der Waals surface area contributed by atoms with E-state index >= 15 is 0 Å². The van der Waals surface area contributed by atoms with Gasteiger partial charge in [-0.15, -0.1) is 12.1 Å². The van der Waals surface area contributed by atoms with E-state index in [4.69, 9.17) is 0 Å². The van der Waals surface area contributed by atoms with E-state index in [0.717, 1.165) is 33.2 Å². The first kappa shape index (κ1) is 9.28. The maximum Gasteiger partial charge on any atom is -0.0961 e. The minimum absolute atomic E-state index is 1.00. The molecule has 0 saturated carbocycles. The van der Waals surface area contributed by atoms with Crippen molar-refractivity contribution >= 4 is 21.8 Å². The third kappa shape index (κ3) is 1.34. The lowest BCUT2D eigenvalue weighted by atomic mass is 10.1. The van der Waals surface area contributed by atoms with Gasteiger partial charge in [0.25, 0.3) is 0 Å². The summed E-state index contributed by atoms with van der Waals surface area (Å²) in [6, 6.07) is 12.5. The minimum atomic E-state index is 1.00. The van der Waals surface area contributed by atoms with Gasteiger partial charge in [-0.1, -0.05) is 13.8 Å². The lowest BCUT2D eigenvalue weighted by Gasteiger charge is -2.34.